The van der Waals surface area contributed by atoms with Gasteiger partial charge in [-0.1, -0.05) is 13.0 Å². The standard InChI is InChI=1S/C17H25N3O3/c1-5-8-18-17(23)14-7-6-11(2)15(10-14)20-16(22)9-12(3)19-13(4)21/h6-7,10,12H,5,8-9H2,1-4H3,(H,18,23)(H,19,21)(H,20,22). The van der Waals surface area contributed by atoms with Crippen molar-refractivity contribution in [2.45, 2.75) is 46.6 Å². The van der Waals surface area contributed by atoms with Gasteiger partial charge in [-0.25, -0.2) is 0 Å². The fourth-order valence-electron chi connectivity index (χ4n) is 2.12. The van der Waals surface area contributed by atoms with Crippen molar-refractivity contribution in [2.75, 3.05) is 11.9 Å². The molecule has 6 heteroatoms. The minimum Gasteiger partial charge on any atom is -0.353 e. The Kier molecular flexibility index (Phi) is 7.25. The monoisotopic (exact) mass is 319 g/mol. The summed E-state index contributed by atoms with van der Waals surface area (Å²) in [5.74, 6) is -0.537. The summed E-state index contributed by atoms with van der Waals surface area (Å²) in [6.07, 6.45) is 1.04. The van der Waals surface area contributed by atoms with Crippen molar-refractivity contribution >= 4 is 23.4 Å². The van der Waals surface area contributed by atoms with Crippen LogP contribution in [0, 0.1) is 6.92 Å². The average molecular weight is 319 g/mol. The molecule has 0 fully saturated rings. The van der Waals surface area contributed by atoms with Gasteiger partial charge in [-0.3, -0.25) is 14.4 Å². The fourth-order valence-corrected chi connectivity index (χ4v) is 2.12. The van der Waals surface area contributed by atoms with Crippen LogP contribution < -0.4 is 16.0 Å². The Morgan fingerprint density at radius 1 is 1.22 bits per heavy atom. The van der Waals surface area contributed by atoms with Gasteiger partial charge in [0.05, 0.1) is 0 Å². The lowest BCUT2D eigenvalue weighted by Gasteiger charge is -2.14. The van der Waals surface area contributed by atoms with Crippen LogP contribution in [-0.2, 0) is 9.59 Å². The summed E-state index contributed by atoms with van der Waals surface area (Å²) in [6, 6.07) is 4.95. The van der Waals surface area contributed by atoms with Crippen molar-refractivity contribution < 1.29 is 14.4 Å². The third-order valence-electron chi connectivity index (χ3n) is 3.25. The second kappa shape index (κ2) is 8.92. The molecule has 1 aromatic rings. The van der Waals surface area contributed by atoms with Gasteiger partial charge in [-0.05, 0) is 38.0 Å². The molecule has 126 valence electrons. The maximum absolute atomic E-state index is 12.0. The topological polar surface area (TPSA) is 87.3 Å². The Morgan fingerprint density at radius 3 is 2.52 bits per heavy atom. The van der Waals surface area contributed by atoms with Crippen LogP contribution in [0.15, 0.2) is 18.2 Å². The summed E-state index contributed by atoms with van der Waals surface area (Å²) >= 11 is 0. The second-order valence-electron chi connectivity index (χ2n) is 5.64. The van der Waals surface area contributed by atoms with Crippen molar-refractivity contribution in [1.29, 1.82) is 0 Å². The van der Waals surface area contributed by atoms with Gasteiger partial charge in [-0.15, -0.1) is 0 Å². The fraction of sp³-hybridized carbons (Fsp3) is 0.471. The first-order chi connectivity index (χ1) is 10.8. The molecule has 1 rings (SSSR count). The molecule has 0 heterocycles. The molecule has 0 aliphatic rings. The number of benzene rings is 1. The Morgan fingerprint density at radius 2 is 1.91 bits per heavy atom. The maximum Gasteiger partial charge on any atom is 0.251 e. The Balaban J connectivity index is 2.73. The lowest BCUT2D eigenvalue weighted by Crippen LogP contribution is -2.33. The number of carbonyl (C=O) groups excluding carboxylic acids is 3. The van der Waals surface area contributed by atoms with E-state index in [1.165, 1.54) is 6.92 Å². The van der Waals surface area contributed by atoms with E-state index >= 15 is 0 Å². The molecule has 0 saturated carbocycles. The summed E-state index contributed by atoms with van der Waals surface area (Å²) in [7, 11) is 0. The molecular weight excluding hydrogens is 294 g/mol. The van der Waals surface area contributed by atoms with Gasteiger partial charge in [0.25, 0.3) is 5.91 Å². The Bertz CT molecular complexity index is 584. The number of aryl methyl sites for hydroxylation is 1. The first kappa shape index (κ1) is 18.7. The highest BCUT2D eigenvalue weighted by molar-refractivity contribution is 5.97. The summed E-state index contributed by atoms with van der Waals surface area (Å²) in [5.41, 5.74) is 1.99. The highest BCUT2D eigenvalue weighted by Crippen LogP contribution is 2.17. The number of hydrogen-bond donors (Lipinski definition) is 3. The lowest BCUT2D eigenvalue weighted by atomic mass is 10.1. The van der Waals surface area contributed by atoms with E-state index in [-0.39, 0.29) is 30.2 Å². The lowest BCUT2D eigenvalue weighted by molar-refractivity contribution is -0.120. The van der Waals surface area contributed by atoms with E-state index in [1.54, 1.807) is 25.1 Å². The molecule has 0 aromatic heterocycles. The van der Waals surface area contributed by atoms with Gasteiger partial charge in [0.2, 0.25) is 11.8 Å². The largest absolute Gasteiger partial charge is 0.353 e. The first-order valence-electron chi connectivity index (χ1n) is 7.79. The van der Waals surface area contributed by atoms with E-state index in [0.717, 1.165) is 12.0 Å². The number of anilines is 1. The predicted molar refractivity (Wildman–Crippen MR) is 90.3 cm³/mol. The molecule has 0 spiro atoms. The van der Waals surface area contributed by atoms with Gasteiger partial charge in [0.1, 0.15) is 0 Å². The zero-order valence-corrected chi connectivity index (χ0v) is 14.2. The predicted octanol–water partition coefficient (Wildman–Crippen LogP) is 1.99. The van der Waals surface area contributed by atoms with Gasteiger partial charge in [0.15, 0.2) is 0 Å². The molecule has 3 N–H and O–H groups in total. The SMILES string of the molecule is CCCNC(=O)c1ccc(C)c(NC(=O)CC(C)NC(C)=O)c1. The molecule has 1 atom stereocenters. The zero-order valence-electron chi connectivity index (χ0n) is 14.2. The van der Waals surface area contributed by atoms with Crippen molar-refractivity contribution in [1.82, 2.24) is 10.6 Å². The van der Waals surface area contributed by atoms with Crippen LogP contribution in [0.1, 0.15) is 49.5 Å². The molecule has 1 unspecified atom stereocenters. The molecule has 6 nitrogen and oxygen atoms in total. The quantitative estimate of drug-likeness (QED) is 0.718. The van der Waals surface area contributed by atoms with E-state index in [0.29, 0.717) is 17.8 Å². The van der Waals surface area contributed by atoms with E-state index in [2.05, 4.69) is 16.0 Å². The maximum atomic E-state index is 12.0. The van der Waals surface area contributed by atoms with Crippen LogP contribution in [0.5, 0.6) is 0 Å². The Labute approximate surface area is 137 Å². The second-order valence-corrected chi connectivity index (χ2v) is 5.64. The highest BCUT2D eigenvalue weighted by Gasteiger charge is 2.13. The van der Waals surface area contributed by atoms with Crippen LogP contribution in [0.4, 0.5) is 5.69 Å². The van der Waals surface area contributed by atoms with Crippen molar-refractivity contribution in [3.63, 3.8) is 0 Å². The summed E-state index contributed by atoms with van der Waals surface area (Å²) < 4.78 is 0. The van der Waals surface area contributed by atoms with Crippen molar-refractivity contribution in [2.24, 2.45) is 0 Å². The van der Waals surface area contributed by atoms with E-state index in [4.69, 9.17) is 0 Å². The van der Waals surface area contributed by atoms with E-state index in [1.807, 2.05) is 13.8 Å². The normalized spacial score (nSPS) is 11.5. The minimum atomic E-state index is -0.246. The van der Waals surface area contributed by atoms with Crippen molar-refractivity contribution in [3.8, 4) is 0 Å². The number of amides is 3. The minimum absolute atomic E-state index is 0.158. The van der Waals surface area contributed by atoms with Crippen LogP contribution in [0.3, 0.4) is 0 Å². The van der Waals surface area contributed by atoms with Gasteiger partial charge < -0.3 is 16.0 Å². The molecule has 0 aliphatic heterocycles. The highest BCUT2D eigenvalue weighted by atomic mass is 16.2. The molecule has 1 aromatic carbocycles. The number of rotatable bonds is 7. The summed E-state index contributed by atoms with van der Waals surface area (Å²) in [6.45, 7) is 7.64. The number of nitrogens with one attached hydrogen (secondary N) is 3. The van der Waals surface area contributed by atoms with Gasteiger partial charge in [0, 0.05) is 37.2 Å². The number of hydrogen-bond acceptors (Lipinski definition) is 3. The van der Waals surface area contributed by atoms with Crippen LogP contribution >= 0.6 is 0 Å². The van der Waals surface area contributed by atoms with E-state index < -0.39 is 0 Å². The molecule has 0 bridgehead atoms. The van der Waals surface area contributed by atoms with Crippen LogP contribution in [-0.4, -0.2) is 30.3 Å². The summed E-state index contributed by atoms with van der Waals surface area (Å²) in [4.78, 5) is 35.0. The van der Waals surface area contributed by atoms with Gasteiger partial charge in [-0.2, -0.15) is 0 Å². The van der Waals surface area contributed by atoms with Crippen molar-refractivity contribution in [3.05, 3.63) is 29.3 Å². The van der Waals surface area contributed by atoms with Crippen LogP contribution in [0.2, 0.25) is 0 Å². The molecule has 0 radical (unpaired) electrons. The van der Waals surface area contributed by atoms with Gasteiger partial charge >= 0.3 is 0 Å². The summed E-state index contributed by atoms with van der Waals surface area (Å²) in [5, 5.41) is 8.26. The molecule has 23 heavy (non-hydrogen) atoms. The third-order valence-corrected chi connectivity index (χ3v) is 3.25. The zero-order chi connectivity index (χ0) is 17.4. The molecular formula is C17H25N3O3. The average Bonchev–Trinajstić information content (AvgIpc) is 2.45. The smallest absolute Gasteiger partial charge is 0.251 e. The number of carbonyl (C=O) groups is 3. The molecule has 0 saturated heterocycles. The third kappa shape index (κ3) is 6.50. The van der Waals surface area contributed by atoms with Crippen LogP contribution in [0.25, 0.3) is 0 Å². The van der Waals surface area contributed by atoms with E-state index in [9.17, 15) is 14.4 Å². The first-order valence-corrected chi connectivity index (χ1v) is 7.79. The molecule has 3 amide bonds. The Hall–Kier alpha value is -2.37. The molecule has 0 aliphatic carbocycles.